The highest BCUT2D eigenvalue weighted by Crippen LogP contribution is 2.35. The Labute approximate surface area is 288 Å². The fourth-order valence-corrected chi connectivity index (χ4v) is 6.46. The number of thioether (sulfide) groups is 1. The largest absolute Gasteiger partial charge is 0.497 e. The van der Waals surface area contributed by atoms with Crippen LogP contribution in [0.4, 0.5) is 4.79 Å². The first-order chi connectivity index (χ1) is 22.9. The van der Waals surface area contributed by atoms with E-state index in [4.69, 9.17) is 24.2 Å². The predicted molar refractivity (Wildman–Crippen MR) is 192 cm³/mol. The number of benzene rings is 2. The molecule has 11 heteroatoms. The number of hydrogen-bond acceptors (Lipinski definition) is 9. The predicted octanol–water partition coefficient (Wildman–Crippen LogP) is 6.94. The number of carbonyl (C=O) groups excluding carboxylic acids is 3. The lowest BCUT2D eigenvalue weighted by Crippen LogP contribution is -2.54. The molecule has 1 fully saturated rings. The van der Waals surface area contributed by atoms with Gasteiger partial charge >= 0.3 is 6.09 Å². The van der Waals surface area contributed by atoms with Gasteiger partial charge in [0.2, 0.25) is 5.91 Å². The minimum Gasteiger partial charge on any atom is -0.497 e. The zero-order valence-corrected chi connectivity index (χ0v) is 30.0. The van der Waals surface area contributed by atoms with E-state index in [0.717, 1.165) is 34.9 Å². The SMILES string of the molecule is CCC[C@@H](C=O)/N=C(\SC)[C@@H]1C[C@@H](Oc2cc(-c3ccccc3)nc3cc(OC)ccc23)CN1C(=O)C(NC(=O)OC(C)(C)C)C(C)C. The smallest absolute Gasteiger partial charge is 0.408 e. The Morgan fingerprint density at radius 3 is 2.48 bits per heavy atom. The van der Waals surface area contributed by atoms with Crippen LogP contribution in [0.25, 0.3) is 22.2 Å². The average molecular weight is 677 g/mol. The van der Waals surface area contributed by atoms with Gasteiger partial charge in [-0.2, -0.15) is 0 Å². The van der Waals surface area contributed by atoms with Crippen molar-refractivity contribution in [3.63, 3.8) is 0 Å². The number of nitrogens with one attached hydrogen (secondary N) is 1. The zero-order chi connectivity index (χ0) is 35.0. The molecule has 1 N–H and O–H groups in total. The van der Waals surface area contributed by atoms with Gasteiger partial charge in [0, 0.05) is 29.5 Å². The number of ether oxygens (including phenoxy) is 3. The molecule has 1 aliphatic heterocycles. The molecule has 2 amide bonds. The number of alkyl carbamates (subject to hydrolysis) is 1. The van der Waals surface area contributed by atoms with Crippen LogP contribution in [-0.2, 0) is 14.3 Å². The number of aliphatic imine (C=N–C) groups is 1. The summed E-state index contributed by atoms with van der Waals surface area (Å²) in [6.45, 7) is 11.4. The summed E-state index contributed by atoms with van der Waals surface area (Å²) < 4.78 is 17.8. The number of amides is 2. The van der Waals surface area contributed by atoms with Crippen molar-refractivity contribution in [3.05, 3.63) is 54.6 Å². The summed E-state index contributed by atoms with van der Waals surface area (Å²) in [6, 6.07) is 15.7. The molecule has 4 rings (SSSR count). The van der Waals surface area contributed by atoms with Gasteiger partial charge in [0.1, 0.15) is 41.6 Å². The molecule has 4 atom stereocenters. The van der Waals surface area contributed by atoms with Gasteiger partial charge in [-0.1, -0.05) is 57.5 Å². The van der Waals surface area contributed by atoms with Gasteiger partial charge in [0.25, 0.3) is 0 Å². The molecule has 1 aliphatic rings. The van der Waals surface area contributed by atoms with Crippen LogP contribution in [0, 0.1) is 5.92 Å². The molecule has 1 saturated heterocycles. The van der Waals surface area contributed by atoms with Crippen molar-refractivity contribution in [2.75, 3.05) is 19.9 Å². The molecule has 0 bridgehead atoms. The van der Waals surface area contributed by atoms with Crippen LogP contribution in [0.2, 0.25) is 0 Å². The van der Waals surface area contributed by atoms with Crippen LogP contribution in [0.1, 0.15) is 60.8 Å². The fourth-order valence-electron chi connectivity index (χ4n) is 5.72. The third-order valence-electron chi connectivity index (χ3n) is 8.02. The number of pyridine rings is 1. The second kappa shape index (κ2) is 16.3. The van der Waals surface area contributed by atoms with Gasteiger partial charge in [-0.05, 0) is 51.5 Å². The topological polar surface area (TPSA) is 119 Å². The minimum absolute atomic E-state index is 0.226. The number of methoxy groups -OCH3 is 1. The van der Waals surface area contributed by atoms with E-state index in [1.807, 2.05) is 81.6 Å². The molecule has 3 aromatic rings. The van der Waals surface area contributed by atoms with Gasteiger partial charge < -0.3 is 29.2 Å². The van der Waals surface area contributed by atoms with Gasteiger partial charge in [-0.3, -0.25) is 9.79 Å². The van der Waals surface area contributed by atoms with Crippen LogP contribution >= 0.6 is 11.8 Å². The highest BCUT2D eigenvalue weighted by molar-refractivity contribution is 8.13. The first-order valence-corrected chi connectivity index (χ1v) is 17.7. The number of aromatic nitrogens is 1. The monoisotopic (exact) mass is 676 g/mol. The first kappa shape index (κ1) is 36.7. The second-order valence-corrected chi connectivity index (χ2v) is 14.1. The standard InChI is InChI=1S/C37H48N4O6S/c1-9-13-25(22-42)38-34(48-8)31-19-27(21-41(31)35(43)33(23(2)3)40-36(44)47-37(4,5)6)46-32-20-29(24-14-11-10-12-15-24)39-30-18-26(45-7)16-17-28(30)32/h10-12,14-18,20,22-23,25,27,31,33H,9,13,19,21H2,1-8H3,(H,40,44)/b38-34-/t25-,27+,31-,33?/m0/s1. The molecule has 0 radical (unpaired) electrons. The van der Waals surface area contributed by atoms with E-state index in [-0.39, 0.29) is 18.4 Å². The highest BCUT2D eigenvalue weighted by atomic mass is 32.2. The van der Waals surface area contributed by atoms with Gasteiger partial charge in [0.05, 0.1) is 36.0 Å². The van der Waals surface area contributed by atoms with Gasteiger partial charge in [-0.15, -0.1) is 11.8 Å². The zero-order valence-electron chi connectivity index (χ0n) is 29.2. The number of nitrogens with zero attached hydrogens (tertiary/aromatic N) is 3. The van der Waals surface area contributed by atoms with E-state index in [1.54, 1.807) is 32.8 Å². The number of rotatable bonds is 12. The van der Waals surface area contributed by atoms with Crippen molar-refractivity contribution in [3.8, 4) is 22.8 Å². The first-order valence-electron chi connectivity index (χ1n) is 16.4. The maximum absolute atomic E-state index is 14.4. The lowest BCUT2D eigenvalue weighted by molar-refractivity contribution is -0.134. The molecule has 258 valence electrons. The number of fused-ring (bicyclic) bond motifs is 1. The molecular weight excluding hydrogens is 628 g/mol. The summed E-state index contributed by atoms with van der Waals surface area (Å²) in [6.07, 6.45) is 3.54. The van der Waals surface area contributed by atoms with Crippen molar-refractivity contribution in [1.29, 1.82) is 0 Å². The molecule has 1 aromatic heterocycles. The Morgan fingerprint density at radius 1 is 1.15 bits per heavy atom. The summed E-state index contributed by atoms with van der Waals surface area (Å²) in [7, 11) is 1.62. The van der Waals surface area contributed by atoms with Crippen LogP contribution in [-0.4, -0.2) is 83.0 Å². The lowest BCUT2D eigenvalue weighted by atomic mass is 10.0. The normalized spacial score (nSPS) is 18.0. The van der Waals surface area contributed by atoms with E-state index in [1.165, 1.54) is 11.8 Å². The molecule has 0 saturated carbocycles. The minimum atomic E-state index is -0.847. The average Bonchev–Trinajstić information content (AvgIpc) is 3.47. The molecule has 2 aromatic carbocycles. The fraction of sp³-hybridized carbons (Fsp3) is 0.486. The van der Waals surface area contributed by atoms with Crippen LogP contribution in [0.5, 0.6) is 11.5 Å². The van der Waals surface area contributed by atoms with Gasteiger partial charge in [0.15, 0.2) is 0 Å². The Kier molecular flexibility index (Phi) is 12.5. The molecule has 48 heavy (non-hydrogen) atoms. The van der Waals surface area contributed by atoms with Crippen LogP contribution < -0.4 is 14.8 Å². The van der Waals surface area contributed by atoms with Crippen molar-refractivity contribution >= 4 is 46.0 Å². The Hall–Kier alpha value is -4.12. The maximum Gasteiger partial charge on any atom is 0.408 e. The van der Waals surface area contributed by atoms with Crippen molar-refractivity contribution in [1.82, 2.24) is 15.2 Å². The summed E-state index contributed by atoms with van der Waals surface area (Å²) in [4.78, 5) is 50.6. The second-order valence-electron chi connectivity index (χ2n) is 13.3. The van der Waals surface area contributed by atoms with Crippen molar-refractivity contribution in [2.45, 2.75) is 90.6 Å². The number of aldehydes is 1. The van der Waals surface area contributed by atoms with E-state index in [2.05, 4.69) is 5.32 Å². The quantitative estimate of drug-likeness (QED) is 0.125. The molecule has 1 unspecified atom stereocenters. The third-order valence-corrected chi connectivity index (χ3v) is 8.82. The van der Waals surface area contributed by atoms with Crippen LogP contribution in [0.3, 0.4) is 0 Å². The lowest BCUT2D eigenvalue weighted by Gasteiger charge is -2.32. The number of carbonyl (C=O) groups is 3. The summed E-state index contributed by atoms with van der Waals surface area (Å²) in [5.41, 5.74) is 1.68. The Bertz CT molecular complexity index is 1610. The molecule has 2 heterocycles. The van der Waals surface area contributed by atoms with Crippen molar-refractivity contribution in [2.24, 2.45) is 10.9 Å². The summed E-state index contributed by atoms with van der Waals surface area (Å²) >= 11 is 1.42. The number of hydrogen-bond donors (Lipinski definition) is 1. The summed E-state index contributed by atoms with van der Waals surface area (Å²) in [5, 5.41) is 4.29. The molecular formula is C37H48N4O6S. The van der Waals surface area contributed by atoms with E-state index in [9.17, 15) is 14.4 Å². The Morgan fingerprint density at radius 2 is 1.88 bits per heavy atom. The maximum atomic E-state index is 14.4. The molecule has 0 spiro atoms. The molecule has 0 aliphatic carbocycles. The van der Waals surface area contributed by atoms with E-state index < -0.39 is 35.9 Å². The molecule has 10 nitrogen and oxygen atoms in total. The van der Waals surface area contributed by atoms with Gasteiger partial charge in [-0.25, -0.2) is 9.78 Å². The number of likely N-dealkylation sites (tertiary alicyclic amines) is 1. The van der Waals surface area contributed by atoms with Crippen molar-refractivity contribution < 1.29 is 28.6 Å². The third kappa shape index (κ3) is 9.27. The summed E-state index contributed by atoms with van der Waals surface area (Å²) in [5.74, 6) is 0.821. The van der Waals surface area contributed by atoms with E-state index in [0.29, 0.717) is 29.4 Å². The Balaban J connectivity index is 1.74. The van der Waals surface area contributed by atoms with Crippen LogP contribution in [0.15, 0.2) is 59.6 Å². The highest BCUT2D eigenvalue weighted by Gasteiger charge is 2.43. The van der Waals surface area contributed by atoms with E-state index >= 15 is 0 Å².